The largest absolute Gasteiger partial charge is 0.481 e. The van der Waals surface area contributed by atoms with E-state index in [2.05, 4.69) is 10.5 Å². The molecule has 2 aromatic rings. The van der Waals surface area contributed by atoms with Crippen molar-refractivity contribution in [2.24, 2.45) is 5.10 Å². The van der Waals surface area contributed by atoms with Gasteiger partial charge in [0.05, 0.1) is 17.1 Å². The number of hydrogen-bond acceptors (Lipinski definition) is 5. The van der Waals surface area contributed by atoms with Crippen molar-refractivity contribution in [3.63, 3.8) is 0 Å². The van der Waals surface area contributed by atoms with E-state index in [0.717, 1.165) is 6.07 Å². The number of nitro groups is 1. The van der Waals surface area contributed by atoms with Crippen LogP contribution in [0, 0.1) is 10.1 Å². The maximum atomic E-state index is 12.1. The molecular formula is C17H15N3O5. The van der Waals surface area contributed by atoms with Gasteiger partial charge in [0.25, 0.3) is 11.6 Å². The van der Waals surface area contributed by atoms with Crippen LogP contribution >= 0.6 is 0 Å². The zero-order valence-electron chi connectivity index (χ0n) is 13.1. The van der Waals surface area contributed by atoms with Gasteiger partial charge in [-0.2, -0.15) is 5.10 Å². The first-order valence-corrected chi connectivity index (χ1v) is 7.36. The summed E-state index contributed by atoms with van der Waals surface area (Å²) in [5.41, 5.74) is 3.29. The lowest BCUT2D eigenvalue weighted by Gasteiger charge is -2.06. The molecule has 25 heavy (non-hydrogen) atoms. The summed E-state index contributed by atoms with van der Waals surface area (Å²) in [6.45, 7) is 0. The fourth-order valence-corrected chi connectivity index (χ4v) is 2.06. The third kappa shape index (κ3) is 5.24. The number of rotatable bonds is 7. The Morgan fingerprint density at radius 2 is 1.72 bits per heavy atom. The van der Waals surface area contributed by atoms with Crippen molar-refractivity contribution in [2.45, 2.75) is 12.8 Å². The van der Waals surface area contributed by atoms with Crippen LogP contribution in [0.1, 0.15) is 28.8 Å². The van der Waals surface area contributed by atoms with Gasteiger partial charge in [-0.05, 0) is 11.6 Å². The highest BCUT2D eigenvalue weighted by Crippen LogP contribution is 2.13. The van der Waals surface area contributed by atoms with E-state index in [0.29, 0.717) is 11.3 Å². The Morgan fingerprint density at radius 3 is 2.36 bits per heavy atom. The number of nitrogens with zero attached hydrogens (tertiary/aromatic N) is 2. The van der Waals surface area contributed by atoms with Gasteiger partial charge in [0.15, 0.2) is 0 Å². The zero-order chi connectivity index (χ0) is 18.2. The molecule has 0 saturated heterocycles. The summed E-state index contributed by atoms with van der Waals surface area (Å²) >= 11 is 0. The Hall–Kier alpha value is -3.55. The van der Waals surface area contributed by atoms with Gasteiger partial charge in [0.1, 0.15) is 0 Å². The van der Waals surface area contributed by atoms with Crippen LogP contribution in [0.2, 0.25) is 0 Å². The van der Waals surface area contributed by atoms with Crippen molar-refractivity contribution in [1.82, 2.24) is 5.43 Å². The minimum absolute atomic E-state index is 0.0867. The molecule has 0 fully saturated rings. The van der Waals surface area contributed by atoms with Gasteiger partial charge in [0, 0.05) is 24.1 Å². The molecule has 0 saturated carbocycles. The molecule has 0 heterocycles. The van der Waals surface area contributed by atoms with Gasteiger partial charge in [-0.15, -0.1) is 0 Å². The monoisotopic (exact) mass is 341 g/mol. The maximum absolute atomic E-state index is 12.1. The summed E-state index contributed by atoms with van der Waals surface area (Å²) in [6, 6.07) is 14.1. The molecule has 0 bridgehead atoms. The van der Waals surface area contributed by atoms with Crippen LogP contribution in [0.4, 0.5) is 5.69 Å². The van der Waals surface area contributed by atoms with E-state index < -0.39 is 16.8 Å². The van der Waals surface area contributed by atoms with Crippen LogP contribution in [0.25, 0.3) is 0 Å². The predicted molar refractivity (Wildman–Crippen MR) is 90.4 cm³/mol. The van der Waals surface area contributed by atoms with Crippen LogP contribution < -0.4 is 5.43 Å². The first-order chi connectivity index (χ1) is 12.0. The number of aliphatic carboxylic acids is 1. The number of nitro benzene ring substituents is 1. The molecule has 2 aromatic carbocycles. The summed E-state index contributed by atoms with van der Waals surface area (Å²) in [7, 11) is 0. The second-order valence-corrected chi connectivity index (χ2v) is 5.07. The molecule has 8 nitrogen and oxygen atoms in total. The fraction of sp³-hybridized carbons (Fsp3) is 0.118. The van der Waals surface area contributed by atoms with E-state index in [9.17, 15) is 19.7 Å². The zero-order valence-corrected chi connectivity index (χ0v) is 13.1. The number of nitrogens with one attached hydrogen (secondary N) is 1. The van der Waals surface area contributed by atoms with Gasteiger partial charge in [-0.3, -0.25) is 19.7 Å². The summed E-state index contributed by atoms with van der Waals surface area (Å²) < 4.78 is 0. The smallest absolute Gasteiger partial charge is 0.303 e. The molecule has 0 aliphatic rings. The molecule has 2 N–H and O–H groups in total. The molecule has 2 rings (SSSR count). The molecule has 8 heteroatoms. The van der Waals surface area contributed by atoms with Crippen molar-refractivity contribution in [3.8, 4) is 0 Å². The number of carbonyl (C=O) groups excluding carboxylic acids is 1. The average molecular weight is 341 g/mol. The number of carbonyl (C=O) groups is 2. The molecular weight excluding hydrogens is 326 g/mol. The topological polar surface area (TPSA) is 122 Å². The van der Waals surface area contributed by atoms with Gasteiger partial charge in [0.2, 0.25) is 0 Å². The van der Waals surface area contributed by atoms with Crippen LogP contribution in [0.5, 0.6) is 0 Å². The highest BCUT2D eigenvalue weighted by Gasteiger charge is 2.12. The first-order valence-electron chi connectivity index (χ1n) is 7.36. The molecule has 0 atom stereocenters. The summed E-state index contributed by atoms with van der Waals surface area (Å²) in [6.07, 6.45) is -0.00499. The fourth-order valence-electron chi connectivity index (χ4n) is 2.06. The summed E-state index contributed by atoms with van der Waals surface area (Å²) in [5.74, 6) is -1.60. The van der Waals surface area contributed by atoms with Crippen LogP contribution in [-0.4, -0.2) is 27.6 Å². The highest BCUT2D eigenvalue weighted by atomic mass is 16.6. The minimum atomic E-state index is -0.978. The third-order valence-electron chi connectivity index (χ3n) is 3.29. The second kappa shape index (κ2) is 8.34. The molecule has 0 aromatic heterocycles. The van der Waals surface area contributed by atoms with Crippen molar-refractivity contribution in [1.29, 1.82) is 0 Å². The van der Waals surface area contributed by atoms with Crippen LogP contribution in [0.3, 0.4) is 0 Å². The molecule has 0 radical (unpaired) electrons. The maximum Gasteiger partial charge on any atom is 0.303 e. The summed E-state index contributed by atoms with van der Waals surface area (Å²) in [4.78, 5) is 33.1. The highest BCUT2D eigenvalue weighted by molar-refractivity contribution is 6.03. The number of amides is 1. The minimum Gasteiger partial charge on any atom is -0.481 e. The Kier molecular flexibility index (Phi) is 5.94. The van der Waals surface area contributed by atoms with E-state index in [4.69, 9.17) is 5.11 Å². The third-order valence-corrected chi connectivity index (χ3v) is 3.29. The van der Waals surface area contributed by atoms with Crippen LogP contribution in [-0.2, 0) is 4.79 Å². The van der Waals surface area contributed by atoms with Crippen molar-refractivity contribution >= 4 is 23.3 Å². The van der Waals surface area contributed by atoms with E-state index in [1.807, 2.05) is 0 Å². The van der Waals surface area contributed by atoms with Crippen LogP contribution in [0.15, 0.2) is 59.7 Å². The lowest BCUT2D eigenvalue weighted by molar-refractivity contribution is -0.384. The van der Waals surface area contributed by atoms with Crippen molar-refractivity contribution in [3.05, 3.63) is 75.8 Å². The van der Waals surface area contributed by atoms with E-state index in [-0.39, 0.29) is 24.1 Å². The lowest BCUT2D eigenvalue weighted by Crippen LogP contribution is -2.20. The Bertz CT molecular complexity index is 818. The van der Waals surface area contributed by atoms with E-state index in [1.165, 1.54) is 18.2 Å². The number of hydrazone groups is 1. The first kappa shape index (κ1) is 17.8. The predicted octanol–water partition coefficient (Wildman–Crippen LogP) is 2.59. The normalized spacial score (nSPS) is 11.0. The van der Waals surface area contributed by atoms with E-state index in [1.54, 1.807) is 30.3 Å². The second-order valence-electron chi connectivity index (χ2n) is 5.07. The Balaban J connectivity index is 2.19. The molecule has 0 aliphatic carbocycles. The number of carboxylic acids is 1. The summed E-state index contributed by atoms with van der Waals surface area (Å²) in [5, 5.41) is 23.6. The molecule has 0 aliphatic heterocycles. The number of hydrogen-bond donors (Lipinski definition) is 2. The van der Waals surface area contributed by atoms with Gasteiger partial charge in [-0.25, -0.2) is 5.43 Å². The number of benzene rings is 2. The SMILES string of the molecule is O=C(O)CCC(=NNC(=O)c1cccc([N+](=O)[O-])c1)c1ccccc1. The molecule has 1 amide bonds. The Labute approximate surface area is 142 Å². The van der Waals surface area contributed by atoms with Gasteiger partial charge >= 0.3 is 5.97 Å². The molecule has 0 unspecified atom stereocenters. The van der Waals surface area contributed by atoms with Gasteiger partial charge < -0.3 is 5.11 Å². The Morgan fingerprint density at radius 1 is 1.04 bits per heavy atom. The number of carboxylic acid groups (broad SMARTS) is 1. The lowest BCUT2D eigenvalue weighted by atomic mass is 10.1. The van der Waals surface area contributed by atoms with Crippen molar-refractivity contribution < 1.29 is 19.6 Å². The van der Waals surface area contributed by atoms with E-state index >= 15 is 0 Å². The quantitative estimate of drug-likeness (QED) is 0.455. The van der Waals surface area contributed by atoms with Crippen molar-refractivity contribution in [2.75, 3.05) is 0 Å². The standard InChI is InChI=1S/C17H15N3O5/c21-16(22)10-9-15(12-5-2-1-3-6-12)18-19-17(23)13-7-4-8-14(11-13)20(24)25/h1-8,11H,9-10H2,(H,19,23)(H,21,22). The molecule has 0 spiro atoms. The molecule has 128 valence electrons. The average Bonchev–Trinajstić information content (AvgIpc) is 2.62. The van der Waals surface area contributed by atoms with Gasteiger partial charge in [-0.1, -0.05) is 36.4 Å². The number of non-ortho nitro benzene ring substituents is 1.